The van der Waals surface area contributed by atoms with Crippen molar-refractivity contribution in [1.29, 1.82) is 0 Å². The van der Waals surface area contributed by atoms with E-state index in [2.05, 4.69) is 0 Å². The van der Waals surface area contributed by atoms with E-state index < -0.39 is 52.0 Å². The van der Waals surface area contributed by atoms with Gasteiger partial charge in [-0.25, -0.2) is 13.8 Å². The molecule has 170 valence electrons. The van der Waals surface area contributed by atoms with Crippen LogP contribution >= 0.6 is 0 Å². The summed E-state index contributed by atoms with van der Waals surface area (Å²) in [5.74, 6) is -4.52. The van der Waals surface area contributed by atoms with Crippen molar-refractivity contribution in [3.63, 3.8) is 0 Å². The molecule has 1 aliphatic heterocycles. The van der Waals surface area contributed by atoms with Gasteiger partial charge < -0.3 is 10.6 Å². The van der Waals surface area contributed by atoms with Gasteiger partial charge in [-0.3, -0.25) is 19.4 Å². The Morgan fingerprint density at radius 2 is 1.73 bits per heavy atom. The molecule has 1 atom stereocenters. The topological polar surface area (TPSA) is 113 Å². The molecule has 0 saturated carbocycles. The van der Waals surface area contributed by atoms with Crippen molar-refractivity contribution < 1.29 is 27.2 Å². The third-order valence-corrected chi connectivity index (χ3v) is 5.15. The van der Waals surface area contributed by atoms with Crippen LogP contribution in [-0.4, -0.2) is 27.5 Å². The molecule has 1 aliphatic rings. The SMILES string of the molecule is Cc1cccc(C(=O)NC2(C(F)(F)F)C(=O)Nc3c2c(=O)[nH]c(=O)n3-c2ccc(F)cc2)c1. The monoisotopic (exact) mass is 462 g/mol. The van der Waals surface area contributed by atoms with Gasteiger partial charge in [-0.05, 0) is 43.3 Å². The van der Waals surface area contributed by atoms with E-state index in [1.54, 1.807) is 23.3 Å². The van der Waals surface area contributed by atoms with E-state index >= 15 is 0 Å². The number of benzene rings is 2. The van der Waals surface area contributed by atoms with E-state index in [-0.39, 0.29) is 11.3 Å². The maximum absolute atomic E-state index is 14.4. The highest BCUT2D eigenvalue weighted by atomic mass is 19.4. The summed E-state index contributed by atoms with van der Waals surface area (Å²) in [7, 11) is 0. The molecule has 1 aromatic heterocycles. The summed E-state index contributed by atoms with van der Waals surface area (Å²) in [5, 5.41) is 3.56. The highest BCUT2D eigenvalue weighted by Gasteiger charge is 2.68. The number of amides is 2. The fraction of sp³-hybridized carbons (Fsp3) is 0.143. The minimum absolute atomic E-state index is 0.128. The molecule has 3 N–H and O–H groups in total. The van der Waals surface area contributed by atoms with Crippen molar-refractivity contribution in [2.75, 3.05) is 5.32 Å². The molecule has 4 rings (SSSR count). The van der Waals surface area contributed by atoms with Gasteiger partial charge in [-0.15, -0.1) is 0 Å². The molecule has 0 aliphatic carbocycles. The quantitative estimate of drug-likeness (QED) is 0.518. The first-order valence-corrected chi connectivity index (χ1v) is 9.39. The lowest BCUT2D eigenvalue weighted by atomic mass is 9.91. The Morgan fingerprint density at radius 3 is 2.33 bits per heavy atom. The normalized spacial score (nSPS) is 17.4. The highest BCUT2D eigenvalue weighted by molar-refractivity contribution is 6.09. The molecule has 12 heteroatoms. The van der Waals surface area contributed by atoms with E-state index in [0.717, 1.165) is 24.3 Å². The summed E-state index contributed by atoms with van der Waals surface area (Å²) in [4.78, 5) is 52.2. The van der Waals surface area contributed by atoms with Crippen LogP contribution in [0, 0.1) is 12.7 Å². The number of rotatable bonds is 3. The molecule has 0 fully saturated rings. The third-order valence-electron chi connectivity index (χ3n) is 5.15. The average Bonchev–Trinajstić information content (AvgIpc) is 3.02. The summed E-state index contributed by atoms with van der Waals surface area (Å²) >= 11 is 0. The maximum atomic E-state index is 14.4. The summed E-state index contributed by atoms with van der Waals surface area (Å²) in [6, 6.07) is 9.60. The summed E-state index contributed by atoms with van der Waals surface area (Å²) in [6.45, 7) is 1.61. The Kier molecular flexibility index (Phi) is 4.95. The largest absolute Gasteiger partial charge is 0.425 e. The van der Waals surface area contributed by atoms with Crippen LogP contribution in [0.15, 0.2) is 58.1 Å². The molecule has 0 saturated heterocycles. The number of fused-ring (bicyclic) bond motifs is 1. The number of anilines is 1. The van der Waals surface area contributed by atoms with Crippen molar-refractivity contribution in [1.82, 2.24) is 14.9 Å². The lowest BCUT2D eigenvalue weighted by molar-refractivity contribution is -0.196. The number of nitrogens with zero attached hydrogens (tertiary/aromatic N) is 1. The van der Waals surface area contributed by atoms with E-state index in [1.165, 1.54) is 18.2 Å². The van der Waals surface area contributed by atoms with Gasteiger partial charge in [0, 0.05) is 5.56 Å². The number of alkyl halides is 3. The summed E-state index contributed by atoms with van der Waals surface area (Å²) in [6.07, 6.45) is -5.47. The molecule has 3 aromatic rings. The average molecular weight is 462 g/mol. The van der Waals surface area contributed by atoms with Gasteiger partial charge in [0.15, 0.2) is 0 Å². The molecule has 1 unspecified atom stereocenters. The molecule has 33 heavy (non-hydrogen) atoms. The maximum Gasteiger partial charge on any atom is 0.425 e. The molecule has 0 spiro atoms. The number of aryl methyl sites for hydroxylation is 1. The number of H-pyrrole nitrogens is 1. The van der Waals surface area contributed by atoms with Gasteiger partial charge in [-0.1, -0.05) is 17.7 Å². The van der Waals surface area contributed by atoms with Gasteiger partial charge in [0.1, 0.15) is 17.2 Å². The molecule has 2 amide bonds. The van der Waals surface area contributed by atoms with Crippen LogP contribution in [0.4, 0.5) is 23.4 Å². The second-order valence-electron chi connectivity index (χ2n) is 7.32. The molecular weight excluding hydrogens is 448 g/mol. The van der Waals surface area contributed by atoms with Crippen LogP contribution < -0.4 is 21.9 Å². The second-order valence-corrected chi connectivity index (χ2v) is 7.32. The van der Waals surface area contributed by atoms with Crippen LogP contribution in [0.1, 0.15) is 21.5 Å². The lowest BCUT2D eigenvalue weighted by Gasteiger charge is -2.30. The molecular formula is C21H14F4N4O4. The predicted octanol–water partition coefficient (Wildman–Crippen LogP) is 2.11. The fourth-order valence-electron chi connectivity index (χ4n) is 3.64. The minimum Gasteiger partial charge on any atom is -0.326 e. The van der Waals surface area contributed by atoms with Gasteiger partial charge in [0.25, 0.3) is 22.9 Å². The van der Waals surface area contributed by atoms with Crippen LogP contribution in [0.2, 0.25) is 0 Å². The molecule has 0 bridgehead atoms. The van der Waals surface area contributed by atoms with Crippen molar-refractivity contribution in [3.8, 4) is 5.69 Å². The smallest absolute Gasteiger partial charge is 0.326 e. The van der Waals surface area contributed by atoms with Crippen LogP contribution in [0.25, 0.3) is 5.69 Å². The zero-order valence-electron chi connectivity index (χ0n) is 16.7. The Morgan fingerprint density at radius 1 is 1.06 bits per heavy atom. The number of nitrogens with one attached hydrogen (secondary N) is 3. The first-order chi connectivity index (χ1) is 15.5. The predicted molar refractivity (Wildman–Crippen MR) is 108 cm³/mol. The van der Waals surface area contributed by atoms with Crippen LogP contribution in [0.5, 0.6) is 0 Å². The Labute approximate surface area is 181 Å². The molecule has 0 radical (unpaired) electrons. The molecule has 2 aromatic carbocycles. The number of carbonyl (C=O) groups excluding carboxylic acids is 2. The van der Waals surface area contributed by atoms with E-state index in [0.29, 0.717) is 10.1 Å². The summed E-state index contributed by atoms with van der Waals surface area (Å²) in [5.41, 5.74) is -7.43. The second kappa shape index (κ2) is 7.43. The number of hydrogen-bond acceptors (Lipinski definition) is 4. The first-order valence-electron chi connectivity index (χ1n) is 9.39. The zero-order chi connectivity index (χ0) is 24.1. The standard InChI is InChI=1S/C21H14F4N4O4/c1-10-3-2-4-11(9-10)16(30)28-20(21(23,24)25)14-15(26-18(20)32)29(19(33)27-17(14)31)13-7-5-12(22)6-8-13/h2-9H,1H3,(H,26,32)(H,28,30)(H,27,31,33). The lowest BCUT2D eigenvalue weighted by Crippen LogP contribution is -2.62. The number of carbonyl (C=O) groups is 2. The van der Waals surface area contributed by atoms with E-state index in [4.69, 9.17) is 0 Å². The van der Waals surface area contributed by atoms with E-state index in [1.807, 2.05) is 5.32 Å². The summed E-state index contributed by atoms with van der Waals surface area (Å²) < 4.78 is 57.1. The molecule has 8 nitrogen and oxygen atoms in total. The van der Waals surface area contributed by atoms with Crippen molar-refractivity contribution >= 4 is 17.6 Å². The Balaban J connectivity index is 1.97. The van der Waals surface area contributed by atoms with Crippen LogP contribution in [-0.2, 0) is 10.3 Å². The van der Waals surface area contributed by atoms with Crippen molar-refractivity contribution in [3.05, 3.63) is 91.9 Å². The molecule has 2 heterocycles. The van der Waals surface area contributed by atoms with Gasteiger partial charge in [0.2, 0.25) is 0 Å². The van der Waals surface area contributed by atoms with E-state index in [9.17, 15) is 36.7 Å². The van der Waals surface area contributed by atoms with Gasteiger partial charge in [0.05, 0.1) is 5.69 Å². The van der Waals surface area contributed by atoms with Gasteiger partial charge >= 0.3 is 11.9 Å². The first kappa shape index (κ1) is 22.0. The third kappa shape index (κ3) is 3.39. The Hall–Kier alpha value is -4.22. The van der Waals surface area contributed by atoms with Crippen molar-refractivity contribution in [2.45, 2.75) is 18.6 Å². The number of aromatic amines is 1. The number of aromatic nitrogens is 2. The van der Waals surface area contributed by atoms with Crippen LogP contribution in [0.3, 0.4) is 0 Å². The Bertz CT molecular complexity index is 1410. The van der Waals surface area contributed by atoms with Crippen molar-refractivity contribution in [2.24, 2.45) is 0 Å². The highest BCUT2D eigenvalue weighted by Crippen LogP contribution is 2.45. The van der Waals surface area contributed by atoms with Gasteiger partial charge in [-0.2, -0.15) is 13.2 Å². The number of halogens is 4. The minimum atomic E-state index is -5.47. The zero-order valence-corrected chi connectivity index (χ0v) is 16.7. The number of hydrogen-bond donors (Lipinski definition) is 3. The fourth-order valence-corrected chi connectivity index (χ4v) is 3.64.